The van der Waals surface area contributed by atoms with E-state index in [0.29, 0.717) is 5.56 Å². The minimum absolute atomic E-state index is 0.166. The van der Waals surface area contributed by atoms with Crippen LogP contribution in [0.2, 0.25) is 0 Å². The second kappa shape index (κ2) is 7.97. The number of aryl methyl sites for hydroxylation is 1. The van der Waals surface area contributed by atoms with Gasteiger partial charge in [0.25, 0.3) is 0 Å². The smallest absolute Gasteiger partial charge is 0.334 e. The number of hydrogen-bond acceptors (Lipinski definition) is 5. The van der Waals surface area contributed by atoms with Crippen LogP contribution in [0.25, 0.3) is 0 Å². The quantitative estimate of drug-likeness (QED) is 0.330. The number of esters is 1. The zero-order valence-corrected chi connectivity index (χ0v) is 14.4. The molecule has 0 bridgehead atoms. The fraction of sp³-hybridized carbons (Fsp3) is 0.278. The third-order valence-corrected chi connectivity index (χ3v) is 4.85. The highest BCUT2D eigenvalue weighted by molar-refractivity contribution is 8.01. The van der Waals surface area contributed by atoms with E-state index in [-0.39, 0.29) is 6.61 Å². The number of benzene rings is 2. The van der Waals surface area contributed by atoms with Crippen molar-refractivity contribution in [1.82, 2.24) is 0 Å². The van der Waals surface area contributed by atoms with Gasteiger partial charge in [-0.05, 0) is 31.5 Å². The molecule has 0 heterocycles. The van der Waals surface area contributed by atoms with Crippen molar-refractivity contribution in [3.05, 3.63) is 75.8 Å². The molecule has 0 radical (unpaired) electrons. The molecular weight excluding hydrogens is 326 g/mol. The van der Waals surface area contributed by atoms with Crippen LogP contribution in [0.15, 0.2) is 59.5 Å². The molecule has 0 aromatic heterocycles. The maximum atomic E-state index is 12.7. The summed E-state index contributed by atoms with van der Waals surface area (Å²) in [4.78, 5) is 24.4. The fourth-order valence-corrected chi connectivity index (χ4v) is 3.78. The predicted molar refractivity (Wildman–Crippen MR) is 93.7 cm³/mol. The summed E-state index contributed by atoms with van der Waals surface area (Å²) in [5.41, 5.74) is 1.58. The van der Waals surface area contributed by atoms with Gasteiger partial charge in [-0.3, -0.25) is 10.1 Å². The topological polar surface area (TPSA) is 69.4 Å². The summed E-state index contributed by atoms with van der Waals surface area (Å²) in [6.45, 7) is 3.25. The van der Waals surface area contributed by atoms with Crippen molar-refractivity contribution in [3.8, 4) is 0 Å². The Hall–Kier alpha value is -2.34. The third kappa shape index (κ3) is 4.14. The van der Waals surface area contributed by atoms with Crippen LogP contribution in [-0.4, -0.2) is 24.0 Å². The Morgan fingerprint density at radius 3 is 2.50 bits per heavy atom. The molecule has 0 aliphatic rings. The molecule has 0 fully saturated rings. The van der Waals surface area contributed by atoms with E-state index in [1.807, 2.05) is 37.3 Å². The van der Waals surface area contributed by atoms with E-state index in [1.54, 1.807) is 31.2 Å². The molecule has 2 aromatic carbocycles. The van der Waals surface area contributed by atoms with Gasteiger partial charge in [0, 0.05) is 9.82 Å². The first kappa shape index (κ1) is 18.0. The highest BCUT2D eigenvalue weighted by Gasteiger charge is 2.48. The Balaban J connectivity index is 2.56. The predicted octanol–water partition coefficient (Wildman–Crippen LogP) is 3.82. The van der Waals surface area contributed by atoms with E-state index in [9.17, 15) is 14.9 Å². The zero-order valence-electron chi connectivity index (χ0n) is 13.6. The lowest BCUT2D eigenvalue weighted by atomic mass is 9.98. The van der Waals surface area contributed by atoms with Gasteiger partial charge in [-0.1, -0.05) is 59.8 Å². The molecule has 0 saturated heterocycles. The molecule has 2 rings (SSSR count). The van der Waals surface area contributed by atoms with E-state index in [0.717, 1.165) is 22.2 Å². The maximum Gasteiger partial charge on any atom is 0.334 e. The van der Waals surface area contributed by atoms with Gasteiger partial charge < -0.3 is 4.74 Å². The van der Waals surface area contributed by atoms with E-state index in [1.165, 1.54) is 0 Å². The first-order valence-corrected chi connectivity index (χ1v) is 8.40. The van der Waals surface area contributed by atoms with Crippen molar-refractivity contribution >= 4 is 17.7 Å². The van der Waals surface area contributed by atoms with E-state index in [2.05, 4.69) is 0 Å². The van der Waals surface area contributed by atoms with Crippen LogP contribution in [0.4, 0.5) is 0 Å². The summed E-state index contributed by atoms with van der Waals surface area (Å²) in [6, 6.07) is 16.3. The van der Waals surface area contributed by atoms with Gasteiger partial charge in [0.15, 0.2) is 0 Å². The van der Waals surface area contributed by atoms with Crippen LogP contribution < -0.4 is 0 Å². The first-order valence-electron chi connectivity index (χ1n) is 7.58. The van der Waals surface area contributed by atoms with Gasteiger partial charge in [0.05, 0.1) is 6.61 Å². The zero-order chi connectivity index (χ0) is 17.6. The number of carbonyl (C=O) groups excluding carboxylic acids is 1. The highest BCUT2D eigenvalue weighted by atomic mass is 32.2. The molecule has 0 unspecified atom stereocenters. The van der Waals surface area contributed by atoms with Gasteiger partial charge in [0.1, 0.15) is 0 Å². The van der Waals surface area contributed by atoms with Crippen LogP contribution in [0, 0.1) is 17.0 Å². The summed E-state index contributed by atoms with van der Waals surface area (Å²) in [5.74, 6) is -0.598. The van der Waals surface area contributed by atoms with Gasteiger partial charge in [-0.25, -0.2) is 4.79 Å². The minimum atomic E-state index is -1.42. The molecule has 0 aliphatic carbocycles. The molecule has 0 N–H and O–H groups in total. The average Bonchev–Trinajstić information content (AvgIpc) is 2.55. The summed E-state index contributed by atoms with van der Waals surface area (Å²) < 4.78 is 3.78. The van der Waals surface area contributed by atoms with Crippen molar-refractivity contribution in [2.75, 3.05) is 13.2 Å². The first-order chi connectivity index (χ1) is 11.5. The Morgan fingerprint density at radius 2 is 1.92 bits per heavy atom. The molecule has 5 nitrogen and oxygen atoms in total. The summed E-state index contributed by atoms with van der Waals surface area (Å²) in [5, 5.41) is 11.3. The van der Waals surface area contributed by atoms with Crippen LogP contribution in [0.1, 0.15) is 18.1 Å². The molecule has 0 aliphatic heterocycles. The number of thioether (sulfide) groups is 1. The molecule has 24 heavy (non-hydrogen) atoms. The van der Waals surface area contributed by atoms with Gasteiger partial charge in [-0.2, -0.15) is 0 Å². The minimum Gasteiger partial charge on any atom is -0.464 e. The lowest BCUT2D eigenvalue weighted by Gasteiger charge is -2.27. The molecule has 0 spiro atoms. The average molecular weight is 345 g/mol. The summed E-state index contributed by atoms with van der Waals surface area (Å²) in [7, 11) is 0. The number of nitro groups is 1. The lowest BCUT2D eigenvalue weighted by Crippen LogP contribution is -2.40. The van der Waals surface area contributed by atoms with Gasteiger partial charge in [0.2, 0.25) is 11.3 Å². The monoisotopic (exact) mass is 345 g/mol. The molecule has 1 atom stereocenters. The Labute approximate surface area is 145 Å². The number of carbonyl (C=O) groups is 1. The van der Waals surface area contributed by atoms with E-state index < -0.39 is 22.2 Å². The van der Waals surface area contributed by atoms with Crippen molar-refractivity contribution in [1.29, 1.82) is 0 Å². The second-order valence-corrected chi connectivity index (χ2v) is 6.70. The molecule has 0 saturated carbocycles. The van der Waals surface area contributed by atoms with Crippen molar-refractivity contribution < 1.29 is 14.5 Å². The summed E-state index contributed by atoms with van der Waals surface area (Å²) >= 11 is 1.16. The molecular formula is C18H19NO4S. The van der Waals surface area contributed by atoms with Gasteiger partial charge >= 0.3 is 5.97 Å². The third-order valence-electron chi connectivity index (χ3n) is 3.48. The van der Waals surface area contributed by atoms with Crippen molar-refractivity contribution in [2.24, 2.45) is 0 Å². The van der Waals surface area contributed by atoms with E-state index in [4.69, 9.17) is 4.74 Å². The SMILES string of the molecule is CCOC(=O)[C@](C[N+](=O)[O-])(Sc1cccc(C)c1)c1ccccc1. The largest absolute Gasteiger partial charge is 0.464 e. The Kier molecular flexibility index (Phi) is 5.98. The van der Waals surface area contributed by atoms with Crippen molar-refractivity contribution in [3.63, 3.8) is 0 Å². The number of nitrogens with zero attached hydrogens (tertiary/aromatic N) is 1. The second-order valence-electron chi connectivity index (χ2n) is 5.32. The van der Waals surface area contributed by atoms with Gasteiger partial charge in [-0.15, -0.1) is 0 Å². The van der Waals surface area contributed by atoms with Crippen LogP contribution in [0.3, 0.4) is 0 Å². The number of rotatable bonds is 7. The summed E-state index contributed by atoms with van der Waals surface area (Å²) in [6.07, 6.45) is 0. The lowest BCUT2D eigenvalue weighted by molar-refractivity contribution is -0.484. The molecule has 6 heteroatoms. The molecule has 2 aromatic rings. The Morgan fingerprint density at radius 1 is 1.21 bits per heavy atom. The standard InChI is InChI=1S/C18H19NO4S/c1-3-23-17(20)18(13-19(21)22,15-9-5-4-6-10-15)24-16-11-7-8-14(2)12-16/h4-12H,3,13H2,1-2H3/t18-/m1/s1. The number of hydrogen-bond donors (Lipinski definition) is 0. The Bertz CT molecular complexity index is 720. The fourth-order valence-electron chi connectivity index (χ4n) is 2.42. The van der Waals surface area contributed by atoms with Crippen LogP contribution in [0.5, 0.6) is 0 Å². The maximum absolute atomic E-state index is 12.7. The number of ether oxygens (including phenoxy) is 1. The molecule has 126 valence electrons. The van der Waals surface area contributed by atoms with E-state index >= 15 is 0 Å². The van der Waals surface area contributed by atoms with Crippen LogP contribution in [-0.2, 0) is 14.3 Å². The highest BCUT2D eigenvalue weighted by Crippen LogP contribution is 2.43. The van der Waals surface area contributed by atoms with Crippen LogP contribution >= 0.6 is 11.8 Å². The molecule has 0 amide bonds. The normalized spacial score (nSPS) is 13.1. The van der Waals surface area contributed by atoms with Crippen molar-refractivity contribution in [2.45, 2.75) is 23.5 Å².